The molecule has 40 heavy (non-hydrogen) atoms. The Morgan fingerprint density at radius 3 is 2.15 bits per heavy atom. The molecule has 10 N–H and O–H groups in total. The molecule has 1 rings (SSSR count). The first kappa shape index (κ1) is 33.8. The summed E-state index contributed by atoms with van der Waals surface area (Å²) in [5.74, 6) is -2.88. The summed E-state index contributed by atoms with van der Waals surface area (Å²) in [5, 5.41) is 10.0. The van der Waals surface area contributed by atoms with Crippen LogP contribution in [0, 0.1) is 5.92 Å². The molecule has 0 fully saturated rings. The van der Waals surface area contributed by atoms with Gasteiger partial charge in [-0.1, -0.05) is 44.2 Å². The monoisotopic (exact) mass is 562 g/mol. The Hall–Kier alpha value is -4.20. The van der Waals surface area contributed by atoms with Gasteiger partial charge in [-0.2, -0.15) is 0 Å². The smallest absolute Gasteiger partial charge is 0.328 e. The highest BCUT2D eigenvalue weighted by Gasteiger charge is 2.25. The average molecular weight is 563 g/mol. The SMILES string of the molecule is COC(=O)[C@H](CCCN=C(N)N)NC(=O)CNC(=O)CNC(=O)[C@H](Cc1ccccc1)NC(=O)[C@@H](N)CC(C)C. The number of esters is 1. The van der Waals surface area contributed by atoms with E-state index in [0.29, 0.717) is 12.8 Å². The molecule has 0 aromatic heterocycles. The molecular weight excluding hydrogens is 520 g/mol. The number of carbonyl (C=O) groups is 5. The van der Waals surface area contributed by atoms with E-state index in [1.54, 1.807) is 0 Å². The van der Waals surface area contributed by atoms with Crippen LogP contribution < -0.4 is 38.5 Å². The maximum Gasteiger partial charge on any atom is 0.328 e. The van der Waals surface area contributed by atoms with Crippen LogP contribution in [0.2, 0.25) is 0 Å². The van der Waals surface area contributed by atoms with Crippen molar-refractivity contribution < 1.29 is 28.7 Å². The van der Waals surface area contributed by atoms with Crippen molar-refractivity contribution in [1.29, 1.82) is 0 Å². The van der Waals surface area contributed by atoms with Crippen LogP contribution in [0.25, 0.3) is 0 Å². The van der Waals surface area contributed by atoms with Crippen molar-refractivity contribution >= 4 is 35.6 Å². The highest BCUT2D eigenvalue weighted by molar-refractivity contribution is 5.93. The van der Waals surface area contributed by atoms with Gasteiger partial charge in [0.25, 0.3) is 0 Å². The van der Waals surface area contributed by atoms with Crippen molar-refractivity contribution in [3.05, 3.63) is 35.9 Å². The third kappa shape index (κ3) is 14.1. The van der Waals surface area contributed by atoms with Crippen LogP contribution >= 0.6 is 0 Å². The van der Waals surface area contributed by atoms with Crippen LogP contribution in [0.5, 0.6) is 0 Å². The zero-order valence-corrected chi connectivity index (χ0v) is 23.3. The molecule has 222 valence electrons. The molecule has 0 unspecified atom stereocenters. The highest BCUT2D eigenvalue weighted by Crippen LogP contribution is 2.06. The quantitative estimate of drug-likeness (QED) is 0.0482. The van der Waals surface area contributed by atoms with Crippen molar-refractivity contribution in [2.75, 3.05) is 26.7 Å². The predicted molar refractivity (Wildman–Crippen MR) is 149 cm³/mol. The maximum atomic E-state index is 12.9. The zero-order chi connectivity index (χ0) is 30.1. The number of rotatable bonds is 17. The molecule has 0 aliphatic carbocycles. The molecule has 0 spiro atoms. The summed E-state index contributed by atoms with van der Waals surface area (Å²) in [5.41, 5.74) is 17.3. The molecule has 0 saturated heterocycles. The number of hydrogen-bond acceptors (Lipinski definition) is 8. The van der Waals surface area contributed by atoms with Crippen LogP contribution in [0.4, 0.5) is 0 Å². The summed E-state index contributed by atoms with van der Waals surface area (Å²) >= 11 is 0. The lowest BCUT2D eigenvalue weighted by atomic mass is 10.0. The molecule has 0 heterocycles. The van der Waals surface area contributed by atoms with E-state index < -0.39 is 60.8 Å². The third-order valence-corrected chi connectivity index (χ3v) is 5.61. The van der Waals surface area contributed by atoms with Crippen molar-refractivity contribution in [3.63, 3.8) is 0 Å². The Morgan fingerprint density at radius 2 is 1.55 bits per heavy atom. The predicted octanol–water partition coefficient (Wildman–Crippen LogP) is -1.97. The molecule has 0 saturated carbocycles. The lowest BCUT2D eigenvalue weighted by Gasteiger charge is -2.21. The number of hydrogen-bond donors (Lipinski definition) is 7. The molecule has 1 aromatic rings. The van der Waals surface area contributed by atoms with Gasteiger partial charge < -0.3 is 43.2 Å². The van der Waals surface area contributed by atoms with Gasteiger partial charge in [-0.05, 0) is 30.7 Å². The van der Waals surface area contributed by atoms with Crippen LogP contribution in [-0.4, -0.2) is 80.4 Å². The van der Waals surface area contributed by atoms with E-state index in [2.05, 4.69) is 26.3 Å². The van der Waals surface area contributed by atoms with E-state index in [1.807, 2.05) is 44.2 Å². The minimum absolute atomic E-state index is 0.0862. The molecule has 1 aromatic carbocycles. The number of methoxy groups -OCH3 is 1. The van der Waals surface area contributed by atoms with Gasteiger partial charge in [0.05, 0.1) is 26.2 Å². The molecule has 0 radical (unpaired) electrons. The van der Waals surface area contributed by atoms with Crippen LogP contribution in [0.15, 0.2) is 35.3 Å². The summed E-state index contributed by atoms with van der Waals surface area (Å²) in [6.07, 6.45) is 1.26. The molecule has 0 aliphatic rings. The summed E-state index contributed by atoms with van der Waals surface area (Å²) in [6.45, 7) is 3.25. The fourth-order valence-electron chi connectivity index (χ4n) is 3.62. The Bertz CT molecular complexity index is 1010. The van der Waals surface area contributed by atoms with Gasteiger partial charge in [0.1, 0.15) is 12.1 Å². The number of nitrogens with one attached hydrogen (secondary N) is 4. The Labute approximate surface area is 234 Å². The summed E-state index contributed by atoms with van der Waals surface area (Å²) in [6, 6.07) is 6.37. The number of nitrogens with zero attached hydrogens (tertiary/aromatic N) is 1. The van der Waals surface area contributed by atoms with Crippen molar-refractivity contribution in [1.82, 2.24) is 21.3 Å². The summed E-state index contributed by atoms with van der Waals surface area (Å²) in [4.78, 5) is 65.8. The molecule has 3 atom stereocenters. The molecule has 14 heteroatoms. The lowest BCUT2D eigenvalue weighted by Crippen LogP contribution is -2.54. The Balaban J connectivity index is 2.64. The second-order valence-corrected chi connectivity index (χ2v) is 9.57. The van der Waals surface area contributed by atoms with Crippen molar-refractivity contribution in [2.24, 2.45) is 28.1 Å². The number of amides is 4. The number of benzene rings is 1. The fourth-order valence-corrected chi connectivity index (χ4v) is 3.62. The number of aliphatic imine (C=N–C) groups is 1. The second-order valence-electron chi connectivity index (χ2n) is 9.57. The first-order valence-electron chi connectivity index (χ1n) is 13.0. The van der Waals surface area contributed by atoms with Crippen molar-refractivity contribution in [3.8, 4) is 0 Å². The van der Waals surface area contributed by atoms with Gasteiger partial charge in [0.15, 0.2) is 5.96 Å². The molecule has 0 aliphatic heterocycles. The minimum atomic E-state index is -0.969. The van der Waals surface area contributed by atoms with E-state index >= 15 is 0 Å². The lowest BCUT2D eigenvalue weighted by molar-refractivity contribution is -0.145. The van der Waals surface area contributed by atoms with Gasteiger partial charge in [0.2, 0.25) is 23.6 Å². The van der Waals surface area contributed by atoms with Gasteiger partial charge in [-0.15, -0.1) is 0 Å². The number of guanidine groups is 1. The molecule has 0 bridgehead atoms. The third-order valence-electron chi connectivity index (χ3n) is 5.61. The van der Waals surface area contributed by atoms with E-state index in [0.717, 1.165) is 5.56 Å². The molecule has 14 nitrogen and oxygen atoms in total. The summed E-state index contributed by atoms with van der Waals surface area (Å²) in [7, 11) is 1.19. The Kier molecular flexibility index (Phi) is 15.4. The van der Waals surface area contributed by atoms with Crippen LogP contribution in [0.3, 0.4) is 0 Å². The van der Waals surface area contributed by atoms with Gasteiger partial charge >= 0.3 is 5.97 Å². The van der Waals surface area contributed by atoms with E-state index in [9.17, 15) is 24.0 Å². The van der Waals surface area contributed by atoms with E-state index in [4.69, 9.17) is 21.9 Å². The first-order chi connectivity index (χ1) is 18.9. The second kappa shape index (κ2) is 18.2. The van der Waals surface area contributed by atoms with E-state index in [-0.39, 0.29) is 31.3 Å². The Morgan fingerprint density at radius 1 is 0.900 bits per heavy atom. The van der Waals surface area contributed by atoms with Crippen LogP contribution in [0.1, 0.15) is 38.7 Å². The number of ether oxygens (including phenoxy) is 1. The van der Waals surface area contributed by atoms with Crippen LogP contribution in [-0.2, 0) is 35.1 Å². The van der Waals surface area contributed by atoms with E-state index in [1.165, 1.54) is 7.11 Å². The number of carbonyl (C=O) groups excluding carboxylic acids is 5. The van der Waals surface area contributed by atoms with Gasteiger partial charge in [0, 0.05) is 13.0 Å². The zero-order valence-electron chi connectivity index (χ0n) is 23.3. The maximum absolute atomic E-state index is 12.9. The summed E-state index contributed by atoms with van der Waals surface area (Å²) < 4.78 is 4.70. The molecular formula is C26H42N8O6. The molecule has 4 amide bonds. The average Bonchev–Trinajstić information content (AvgIpc) is 2.91. The topological polar surface area (TPSA) is 233 Å². The first-order valence-corrected chi connectivity index (χ1v) is 13.0. The largest absolute Gasteiger partial charge is 0.467 e. The van der Waals surface area contributed by atoms with Gasteiger partial charge in [-0.3, -0.25) is 24.2 Å². The van der Waals surface area contributed by atoms with Crippen molar-refractivity contribution in [2.45, 2.75) is 57.7 Å². The normalized spacial score (nSPS) is 12.8. The standard InChI is InChI=1S/C26H42N8O6/c1-16(2)12-18(27)23(37)34-20(13-17-8-5-4-6-9-17)24(38)32-14-21(35)31-15-22(36)33-19(25(39)40-3)10-7-11-30-26(28)29/h4-6,8-9,16,18-20H,7,10-15,27H2,1-3H3,(H,31,35)(H,32,38)(H,33,36)(H,34,37)(H4,28,29,30)/t18-,19-,20-/m0/s1. The number of nitrogens with two attached hydrogens (primary N) is 3. The van der Waals surface area contributed by atoms with Gasteiger partial charge in [-0.25, -0.2) is 4.79 Å². The fraction of sp³-hybridized carbons (Fsp3) is 0.538. The minimum Gasteiger partial charge on any atom is -0.467 e. The highest BCUT2D eigenvalue weighted by atomic mass is 16.5.